The predicted molar refractivity (Wildman–Crippen MR) is 82.7 cm³/mol. The van der Waals surface area contributed by atoms with Gasteiger partial charge in [0.05, 0.1) is 11.9 Å². The van der Waals surface area contributed by atoms with Gasteiger partial charge in [-0.05, 0) is 29.8 Å². The Morgan fingerprint density at radius 3 is 2.48 bits per heavy atom. The average Bonchev–Trinajstić information content (AvgIpc) is 2.79. The molecule has 3 aromatic rings. The molecule has 1 N–H and O–H groups in total. The molecule has 0 spiro atoms. The molecule has 0 unspecified atom stereocenters. The van der Waals surface area contributed by atoms with Crippen LogP contribution in [0.2, 0.25) is 0 Å². The molecule has 0 aliphatic rings. The largest absolute Gasteiger partial charge is 0.280 e. The van der Waals surface area contributed by atoms with Gasteiger partial charge in [0.25, 0.3) is 10.0 Å². The van der Waals surface area contributed by atoms with Gasteiger partial charge in [-0.1, -0.05) is 30.3 Å². The van der Waals surface area contributed by atoms with Crippen molar-refractivity contribution in [3.63, 3.8) is 0 Å². The Bertz CT molecular complexity index is 914. The third-order valence-corrected chi connectivity index (χ3v) is 4.97. The van der Waals surface area contributed by atoms with E-state index in [4.69, 9.17) is 0 Å². The van der Waals surface area contributed by atoms with Gasteiger partial charge in [-0.25, -0.2) is 8.42 Å². The molecule has 1 aromatic heterocycles. The minimum Gasteiger partial charge on any atom is -0.280 e. The van der Waals surface area contributed by atoms with Crippen molar-refractivity contribution >= 4 is 26.5 Å². The van der Waals surface area contributed by atoms with Crippen LogP contribution in [0.1, 0.15) is 5.69 Å². The van der Waals surface area contributed by atoms with Crippen LogP contribution in [0, 0.1) is 6.92 Å². The molecule has 0 fully saturated rings. The van der Waals surface area contributed by atoms with E-state index in [1.165, 1.54) is 10.9 Å². The minimum atomic E-state index is -3.63. The Kier molecular flexibility index (Phi) is 3.17. The maximum atomic E-state index is 12.4. The molecule has 6 heteroatoms. The molecule has 0 atom stereocenters. The smallest absolute Gasteiger partial charge is 0.265 e. The van der Waals surface area contributed by atoms with E-state index in [9.17, 15) is 8.42 Å². The van der Waals surface area contributed by atoms with Crippen LogP contribution in [-0.4, -0.2) is 18.2 Å². The van der Waals surface area contributed by atoms with Gasteiger partial charge in [-0.2, -0.15) is 5.10 Å². The van der Waals surface area contributed by atoms with Gasteiger partial charge in [0.2, 0.25) is 0 Å². The number of nitrogens with one attached hydrogen (secondary N) is 1. The number of rotatable bonds is 3. The average molecular weight is 301 g/mol. The maximum absolute atomic E-state index is 12.4. The van der Waals surface area contributed by atoms with Gasteiger partial charge in [0.1, 0.15) is 4.90 Å². The molecule has 0 saturated carbocycles. The van der Waals surface area contributed by atoms with Crippen molar-refractivity contribution in [2.75, 3.05) is 4.72 Å². The van der Waals surface area contributed by atoms with Crippen molar-refractivity contribution in [1.29, 1.82) is 0 Å². The molecule has 5 nitrogen and oxygen atoms in total. The van der Waals surface area contributed by atoms with Gasteiger partial charge < -0.3 is 0 Å². The van der Waals surface area contributed by atoms with Crippen molar-refractivity contribution < 1.29 is 8.42 Å². The normalized spacial score (nSPS) is 11.7. The number of aromatic nitrogens is 2. The lowest BCUT2D eigenvalue weighted by Gasteiger charge is -2.08. The summed E-state index contributed by atoms with van der Waals surface area (Å²) in [6, 6.07) is 13.3. The van der Waals surface area contributed by atoms with Crippen molar-refractivity contribution in [3.05, 3.63) is 54.4 Å². The van der Waals surface area contributed by atoms with Crippen molar-refractivity contribution in [1.82, 2.24) is 9.78 Å². The summed E-state index contributed by atoms with van der Waals surface area (Å²) in [5, 5.41) is 6.03. The summed E-state index contributed by atoms with van der Waals surface area (Å²) in [4.78, 5) is 0.193. The van der Waals surface area contributed by atoms with Crippen molar-refractivity contribution in [3.8, 4) is 0 Å². The highest BCUT2D eigenvalue weighted by atomic mass is 32.2. The number of hydrogen-bond acceptors (Lipinski definition) is 3. The standard InChI is InChI=1S/C15H15N3O2S/c1-11-15(10-16-18(11)2)21(19,20)17-14-8-7-12-5-3-4-6-13(12)9-14/h3-10,17H,1-2H3. The van der Waals surface area contributed by atoms with Crippen LogP contribution in [0.4, 0.5) is 5.69 Å². The first-order valence-electron chi connectivity index (χ1n) is 6.47. The zero-order valence-electron chi connectivity index (χ0n) is 11.7. The van der Waals surface area contributed by atoms with E-state index in [2.05, 4.69) is 9.82 Å². The Morgan fingerprint density at radius 1 is 1.10 bits per heavy atom. The number of aryl methyl sites for hydroxylation is 1. The minimum absolute atomic E-state index is 0.193. The number of hydrogen-bond donors (Lipinski definition) is 1. The highest BCUT2D eigenvalue weighted by molar-refractivity contribution is 7.92. The number of nitrogens with zero attached hydrogens (tertiary/aromatic N) is 2. The van der Waals surface area contributed by atoms with Crippen LogP contribution in [0.15, 0.2) is 53.6 Å². The lowest BCUT2D eigenvalue weighted by molar-refractivity contribution is 0.600. The zero-order chi connectivity index (χ0) is 15.0. The van der Waals surface area contributed by atoms with Gasteiger partial charge in [0.15, 0.2) is 0 Å². The summed E-state index contributed by atoms with van der Waals surface area (Å²) in [6.07, 6.45) is 1.36. The summed E-state index contributed by atoms with van der Waals surface area (Å²) < 4.78 is 29.0. The number of benzene rings is 2. The second-order valence-electron chi connectivity index (χ2n) is 4.89. The Morgan fingerprint density at radius 2 is 1.81 bits per heavy atom. The van der Waals surface area contributed by atoms with Crippen LogP contribution in [0.5, 0.6) is 0 Å². The fourth-order valence-electron chi connectivity index (χ4n) is 2.21. The molecule has 0 amide bonds. The molecule has 21 heavy (non-hydrogen) atoms. The fraction of sp³-hybridized carbons (Fsp3) is 0.133. The quantitative estimate of drug-likeness (QED) is 0.809. The molecule has 3 rings (SSSR count). The Hall–Kier alpha value is -2.34. The highest BCUT2D eigenvalue weighted by Gasteiger charge is 2.20. The second kappa shape index (κ2) is 4.89. The molecule has 108 valence electrons. The Labute approximate surface area is 123 Å². The number of fused-ring (bicyclic) bond motifs is 1. The molecule has 0 aliphatic heterocycles. The van der Waals surface area contributed by atoms with Gasteiger partial charge in [-0.3, -0.25) is 9.40 Å². The SMILES string of the molecule is Cc1c(S(=O)(=O)Nc2ccc3ccccc3c2)cnn1C. The van der Waals surface area contributed by atoms with Crippen LogP contribution in [0.3, 0.4) is 0 Å². The Balaban J connectivity index is 1.99. The summed E-state index contributed by atoms with van der Waals surface area (Å²) in [7, 11) is -1.91. The maximum Gasteiger partial charge on any atom is 0.265 e. The summed E-state index contributed by atoms with van der Waals surface area (Å²) in [5.74, 6) is 0. The fourth-order valence-corrected chi connectivity index (χ4v) is 3.46. The van der Waals surface area contributed by atoms with E-state index in [-0.39, 0.29) is 4.90 Å². The van der Waals surface area contributed by atoms with Crippen LogP contribution in [-0.2, 0) is 17.1 Å². The molecule has 0 radical (unpaired) electrons. The van der Waals surface area contributed by atoms with Crippen LogP contribution >= 0.6 is 0 Å². The molecule has 1 heterocycles. The number of anilines is 1. The topological polar surface area (TPSA) is 64.0 Å². The van der Waals surface area contributed by atoms with E-state index in [0.29, 0.717) is 11.4 Å². The molecular weight excluding hydrogens is 286 g/mol. The van der Waals surface area contributed by atoms with Gasteiger partial charge >= 0.3 is 0 Å². The molecular formula is C15H15N3O2S. The summed E-state index contributed by atoms with van der Waals surface area (Å²) >= 11 is 0. The summed E-state index contributed by atoms with van der Waals surface area (Å²) in [5.41, 5.74) is 1.14. The highest BCUT2D eigenvalue weighted by Crippen LogP contribution is 2.22. The van der Waals surface area contributed by atoms with E-state index >= 15 is 0 Å². The molecule has 0 bridgehead atoms. The molecule has 2 aromatic carbocycles. The van der Waals surface area contributed by atoms with Gasteiger partial charge in [0, 0.05) is 12.7 Å². The molecule has 0 aliphatic carbocycles. The van der Waals surface area contributed by atoms with E-state index < -0.39 is 10.0 Å². The zero-order valence-corrected chi connectivity index (χ0v) is 12.6. The van der Waals surface area contributed by atoms with Crippen molar-refractivity contribution in [2.24, 2.45) is 7.05 Å². The second-order valence-corrected chi connectivity index (χ2v) is 6.54. The lowest BCUT2D eigenvalue weighted by Crippen LogP contribution is -2.13. The third kappa shape index (κ3) is 2.50. The van der Waals surface area contributed by atoms with Crippen LogP contribution in [0.25, 0.3) is 10.8 Å². The first kappa shape index (κ1) is 13.6. The lowest BCUT2D eigenvalue weighted by atomic mass is 10.1. The first-order chi connectivity index (χ1) is 9.97. The van der Waals surface area contributed by atoms with E-state index in [1.807, 2.05) is 36.4 Å². The predicted octanol–water partition coefficient (Wildman–Crippen LogP) is 2.68. The molecule has 0 saturated heterocycles. The third-order valence-electron chi connectivity index (χ3n) is 3.48. The summed E-state index contributed by atoms with van der Waals surface area (Å²) in [6.45, 7) is 1.72. The van der Waals surface area contributed by atoms with Gasteiger partial charge in [-0.15, -0.1) is 0 Å². The monoisotopic (exact) mass is 301 g/mol. The van der Waals surface area contributed by atoms with E-state index in [1.54, 1.807) is 20.0 Å². The number of sulfonamides is 1. The van der Waals surface area contributed by atoms with E-state index in [0.717, 1.165) is 10.8 Å². The van der Waals surface area contributed by atoms with Crippen LogP contribution < -0.4 is 4.72 Å². The first-order valence-corrected chi connectivity index (χ1v) is 7.96. The van der Waals surface area contributed by atoms with Crippen molar-refractivity contribution in [2.45, 2.75) is 11.8 Å².